The van der Waals surface area contributed by atoms with Crippen LogP contribution in [-0.4, -0.2) is 28.9 Å². The highest BCUT2D eigenvalue weighted by Crippen LogP contribution is 2.18. The minimum absolute atomic E-state index is 0.407. The molecule has 2 unspecified atom stereocenters. The molecule has 1 amide bonds. The fourth-order valence-electron chi connectivity index (χ4n) is 1.84. The van der Waals surface area contributed by atoms with Gasteiger partial charge in [0.25, 0.3) is 0 Å². The number of hydrogen-bond acceptors (Lipinski definition) is 3. The Kier molecular flexibility index (Phi) is 6.05. The molecule has 5 heteroatoms. The third-order valence-corrected chi connectivity index (χ3v) is 3.41. The number of benzene rings is 1. The van der Waals surface area contributed by atoms with E-state index in [1.54, 1.807) is 27.7 Å². The lowest BCUT2D eigenvalue weighted by Gasteiger charge is -2.24. The topological polar surface area (TPSA) is 58.6 Å². The summed E-state index contributed by atoms with van der Waals surface area (Å²) in [5.41, 5.74) is 1.39. The zero-order chi connectivity index (χ0) is 16.2. The summed E-state index contributed by atoms with van der Waals surface area (Å²) in [6, 6.07) is 5.21. The van der Waals surface area contributed by atoms with Gasteiger partial charge in [-0.25, -0.2) is 4.79 Å². The molecular formula is C16H24ClNO3. The molecule has 1 aromatic rings. The van der Waals surface area contributed by atoms with Crippen LogP contribution in [-0.2, 0) is 11.2 Å². The van der Waals surface area contributed by atoms with Gasteiger partial charge in [0, 0.05) is 11.4 Å². The van der Waals surface area contributed by atoms with E-state index in [1.165, 1.54) is 0 Å². The number of nitrogens with one attached hydrogen (secondary N) is 1. The number of alkyl carbamates (subject to hydrolysis) is 1. The molecule has 118 valence electrons. The number of aryl methyl sites for hydroxylation is 1. The van der Waals surface area contributed by atoms with E-state index in [2.05, 4.69) is 5.32 Å². The number of aliphatic hydroxyl groups excluding tert-OH is 1. The maximum Gasteiger partial charge on any atom is 0.407 e. The molecule has 0 aliphatic rings. The van der Waals surface area contributed by atoms with Crippen molar-refractivity contribution in [2.24, 2.45) is 0 Å². The van der Waals surface area contributed by atoms with E-state index < -0.39 is 23.8 Å². The second-order valence-electron chi connectivity index (χ2n) is 6.29. The third-order valence-electron chi connectivity index (χ3n) is 2.99. The SMILES string of the molecule is Cc1cc(CC(O)C(C)NC(=O)OC(C)(C)C)ccc1Cl. The van der Waals surface area contributed by atoms with Crippen LogP contribution in [0.25, 0.3) is 0 Å². The minimum Gasteiger partial charge on any atom is -0.444 e. The van der Waals surface area contributed by atoms with Crippen molar-refractivity contribution in [1.29, 1.82) is 0 Å². The molecule has 0 aromatic heterocycles. The summed E-state index contributed by atoms with van der Waals surface area (Å²) in [5.74, 6) is 0. The highest BCUT2D eigenvalue weighted by atomic mass is 35.5. The lowest BCUT2D eigenvalue weighted by Crippen LogP contribution is -2.44. The molecule has 0 saturated carbocycles. The van der Waals surface area contributed by atoms with Gasteiger partial charge in [0.15, 0.2) is 0 Å². The molecule has 1 aromatic carbocycles. The minimum atomic E-state index is -0.696. The summed E-state index contributed by atoms with van der Waals surface area (Å²) < 4.78 is 5.16. The smallest absolute Gasteiger partial charge is 0.407 e. The molecule has 0 spiro atoms. The van der Waals surface area contributed by atoms with E-state index in [0.717, 1.165) is 11.1 Å². The summed E-state index contributed by atoms with van der Waals surface area (Å²) in [6.45, 7) is 9.05. The normalized spacial score (nSPS) is 14.4. The van der Waals surface area contributed by atoms with Crippen molar-refractivity contribution in [3.8, 4) is 0 Å². The molecule has 1 rings (SSSR count). The molecular weight excluding hydrogens is 290 g/mol. The van der Waals surface area contributed by atoms with Crippen LogP contribution in [0.15, 0.2) is 18.2 Å². The van der Waals surface area contributed by atoms with Crippen molar-refractivity contribution in [3.63, 3.8) is 0 Å². The Morgan fingerprint density at radius 3 is 2.57 bits per heavy atom. The highest BCUT2D eigenvalue weighted by molar-refractivity contribution is 6.31. The number of aliphatic hydroxyl groups is 1. The van der Waals surface area contributed by atoms with Gasteiger partial charge in [-0.05, 0) is 51.8 Å². The molecule has 4 nitrogen and oxygen atoms in total. The van der Waals surface area contributed by atoms with E-state index >= 15 is 0 Å². The van der Waals surface area contributed by atoms with E-state index in [1.807, 2.05) is 25.1 Å². The van der Waals surface area contributed by atoms with E-state index in [-0.39, 0.29) is 0 Å². The number of carbonyl (C=O) groups is 1. The quantitative estimate of drug-likeness (QED) is 0.895. The number of rotatable bonds is 4. The van der Waals surface area contributed by atoms with Gasteiger partial charge in [-0.3, -0.25) is 0 Å². The Morgan fingerprint density at radius 1 is 1.43 bits per heavy atom. The number of amides is 1. The fourth-order valence-corrected chi connectivity index (χ4v) is 1.96. The lowest BCUT2D eigenvalue weighted by atomic mass is 10.0. The Balaban J connectivity index is 2.56. The first-order valence-electron chi connectivity index (χ1n) is 7.01. The van der Waals surface area contributed by atoms with Crippen LogP contribution in [0, 0.1) is 6.92 Å². The molecule has 0 heterocycles. The number of hydrogen-bond donors (Lipinski definition) is 2. The van der Waals surface area contributed by atoms with Crippen LogP contribution in [0.4, 0.5) is 4.79 Å². The van der Waals surface area contributed by atoms with E-state index in [0.29, 0.717) is 11.4 Å². The average molecular weight is 314 g/mol. The molecule has 0 aliphatic carbocycles. The first-order valence-corrected chi connectivity index (χ1v) is 7.39. The predicted octanol–water partition coefficient (Wildman–Crippen LogP) is 3.47. The van der Waals surface area contributed by atoms with Crippen LogP contribution in [0.3, 0.4) is 0 Å². The summed E-state index contributed by atoms with van der Waals surface area (Å²) in [5, 5.41) is 13.5. The largest absolute Gasteiger partial charge is 0.444 e. The Labute approximate surface area is 131 Å². The number of carbonyl (C=O) groups excluding carboxylic acids is 1. The first kappa shape index (κ1) is 17.8. The Morgan fingerprint density at radius 2 is 2.05 bits per heavy atom. The van der Waals surface area contributed by atoms with Gasteiger partial charge in [0.1, 0.15) is 5.60 Å². The van der Waals surface area contributed by atoms with Gasteiger partial charge in [-0.15, -0.1) is 0 Å². The Bertz CT molecular complexity index is 497. The van der Waals surface area contributed by atoms with Gasteiger partial charge < -0.3 is 15.2 Å². The van der Waals surface area contributed by atoms with Crippen LogP contribution in [0.1, 0.15) is 38.8 Å². The maximum atomic E-state index is 11.7. The highest BCUT2D eigenvalue weighted by Gasteiger charge is 2.21. The van der Waals surface area contributed by atoms with Crippen molar-refractivity contribution >= 4 is 17.7 Å². The van der Waals surface area contributed by atoms with Gasteiger partial charge >= 0.3 is 6.09 Å². The molecule has 0 fully saturated rings. The summed E-state index contributed by atoms with van der Waals surface area (Å²) in [7, 11) is 0. The van der Waals surface area contributed by atoms with Gasteiger partial charge in [0.2, 0.25) is 0 Å². The Hall–Kier alpha value is -1.26. The second kappa shape index (κ2) is 7.14. The molecule has 0 saturated heterocycles. The van der Waals surface area contributed by atoms with Crippen molar-refractivity contribution in [1.82, 2.24) is 5.32 Å². The van der Waals surface area contributed by atoms with Crippen LogP contribution >= 0.6 is 11.6 Å². The monoisotopic (exact) mass is 313 g/mol. The standard InChI is InChI=1S/C16H24ClNO3/c1-10-8-12(6-7-13(10)17)9-14(19)11(2)18-15(20)21-16(3,4)5/h6-8,11,14,19H,9H2,1-5H3,(H,18,20). The summed E-state index contributed by atoms with van der Waals surface area (Å²) >= 11 is 5.97. The first-order chi connectivity index (χ1) is 9.58. The van der Waals surface area contributed by atoms with E-state index in [9.17, 15) is 9.90 Å². The number of halogens is 1. The third kappa shape index (κ3) is 6.36. The molecule has 0 bridgehead atoms. The molecule has 0 radical (unpaired) electrons. The molecule has 0 aliphatic heterocycles. The van der Waals surface area contributed by atoms with Crippen LogP contribution in [0.2, 0.25) is 5.02 Å². The van der Waals surface area contributed by atoms with E-state index in [4.69, 9.17) is 16.3 Å². The lowest BCUT2D eigenvalue weighted by molar-refractivity contribution is 0.0436. The molecule has 2 atom stereocenters. The van der Waals surface area contributed by atoms with Crippen molar-refractivity contribution in [3.05, 3.63) is 34.3 Å². The zero-order valence-corrected chi connectivity index (χ0v) is 14.0. The maximum absolute atomic E-state index is 11.7. The zero-order valence-electron chi connectivity index (χ0n) is 13.2. The van der Waals surface area contributed by atoms with Crippen LogP contribution in [0.5, 0.6) is 0 Å². The number of ether oxygens (including phenoxy) is 1. The van der Waals surface area contributed by atoms with Crippen molar-refractivity contribution < 1.29 is 14.6 Å². The fraction of sp³-hybridized carbons (Fsp3) is 0.562. The van der Waals surface area contributed by atoms with Crippen molar-refractivity contribution in [2.45, 2.75) is 58.8 Å². The predicted molar refractivity (Wildman–Crippen MR) is 84.7 cm³/mol. The van der Waals surface area contributed by atoms with Crippen molar-refractivity contribution in [2.75, 3.05) is 0 Å². The molecule has 2 N–H and O–H groups in total. The second-order valence-corrected chi connectivity index (χ2v) is 6.70. The average Bonchev–Trinajstić information content (AvgIpc) is 2.31. The summed E-state index contributed by atoms with van der Waals surface area (Å²) in [6.07, 6.45) is -0.783. The molecule has 21 heavy (non-hydrogen) atoms. The van der Waals surface area contributed by atoms with Gasteiger partial charge in [-0.1, -0.05) is 23.7 Å². The van der Waals surface area contributed by atoms with Gasteiger partial charge in [0.05, 0.1) is 12.1 Å². The summed E-state index contributed by atoms with van der Waals surface area (Å²) in [4.78, 5) is 11.7. The van der Waals surface area contributed by atoms with Crippen LogP contribution < -0.4 is 5.32 Å². The van der Waals surface area contributed by atoms with Gasteiger partial charge in [-0.2, -0.15) is 0 Å².